The summed E-state index contributed by atoms with van der Waals surface area (Å²) in [7, 11) is 0. The fourth-order valence-electron chi connectivity index (χ4n) is 1.67. The van der Waals surface area contributed by atoms with Crippen LogP contribution in [0.15, 0.2) is 47.4 Å². The van der Waals surface area contributed by atoms with Crippen molar-refractivity contribution in [2.24, 2.45) is 0 Å². The highest BCUT2D eigenvalue weighted by molar-refractivity contribution is 7.98. The van der Waals surface area contributed by atoms with Crippen LogP contribution in [0.5, 0.6) is 5.75 Å². The molecule has 0 radical (unpaired) electrons. The van der Waals surface area contributed by atoms with E-state index in [9.17, 15) is 9.90 Å². The molecule has 2 rings (SSSR count). The first-order chi connectivity index (χ1) is 8.61. The number of hydrogen-bond acceptors (Lipinski definition) is 3. The first kappa shape index (κ1) is 12.5. The lowest BCUT2D eigenvalue weighted by Gasteiger charge is -2.05. The van der Waals surface area contributed by atoms with E-state index in [1.165, 1.54) is 12.1 Å². The fourth-order valence-corrected chi connectivity index (χ4v) is 2.08. The lowest BCUT2D eigenvalue weighted by molar-refractivity contribution is 0.0694. The van der Waals surface area contributed by atoms with E-state index in [0.717, 1.165) is 16.0 Å². The Hall–Kier alpha value is -1.94. The van der Waals surface area contributed by atoms with E-state index in [0.29, 0.717) is 0 Å². The van der Waals surface area contributed by atoms with E-state index in [1.807, 2.05) is 30.5 Å². The molecule has 0 saturated heterocycles. The number of hydrogen-bond donors (Lipinski definition) is 2. The Morgan fingerprint density at radius 3 is 2.22 bits per heavy atom. The highest BCUT2D eigenvalue weighted by Gasteiger charge is 2.10. The second kappa shape index (κ2) is 5.14. The van der Waals surface area contributed by atoms with Gasteiger partial charge in [0.2, 0.25) is 0 Å². The zero-order valence-electron chi connectivity index (χ0n) is 9.75. The molecule has 0 spiro atoms. The Labute approximate surface area is 109 Å². The van der Waals surface area contributed by atoms with Gasteiger partial charge in [0.1, 0.15) is 11.3 Å². The predicted molar refractivity (Wildman–Crippen MR) is 72.3 cm³/mol. The van der Waals surface area contributed by atoms with Crippen molar-refractivity contribution in [3.63, 3.8) is 0 Å². The summed E-state index contributed by atoms with van der Waals surface area (Å²) in [5.41, 5.74) is 1.62. The van der Waals surface area contributed by atoms with Crippen LogP contribution >= 0.6 is 11.8 Å². The molecule has 0 heterocycles. The summed E-state index contributed by atoms with van der Waals surface area (Å²) in [6.45, 7) is 0. The molecular formula is C14H12O3S. The lowest BCUT2D eigenvalue weighted by atomic mass is 10.0. The van der Waals surface area contributed by atoms with Gasteiger partial charge in [-0.25, -0.2) is 4.79 Å². The summed E-state index contributed by atoms with van der Waals surface area (Å²) in [5.74, 6) is -1.35. The minimum atomic E-state index is -1.13. The van der Waals surface area contributed by atoms with Crippen molar-refractivity contribution < 1.29 is 15.0 Å². The topological polar surface area (TPSA) is 57.5 Å². The number of rotatable bonds is 3. The Morgan fingerprint density at radius 2 is 1.67 bits per heavy atom. The maximum atomic E-state index is 10.9. The van der Waals surface area contributed by atoms with Crippen LogP contribution < -0.4 is 0 Å². The molecule has 0 saturated carbocycles. The van der Waals surface area contributed by atoms with Gasteiger partial charge < -0.3 is 10.2 Å². The van der Waals surface area contributed by atoms with Crippen molar-refractivity contribution in [1.29, 1.82) is 0 Å². The standard InChI is InChI=1S/C14H12O3S/c1-18-11-5-2-9(3-6-11)10-4-7-13(15)12(8-10)14(16)17/h2-8,15H,1H3,(H,16,17). The minimum Gasteiger partial charge on any atom is -0.507 e. The number of aromatic hydroxyl groups is 1. The molecule has 2 N–H and O–H groups in total. The van der Waals surface area contributed by atoms with Gasteiger partial charge in [0.25, 0.3) is 0 Å². The summed E-state index contributed by atoms with van der Waals surface area (Å²) in [5, 5.41) is 18.4. The van der Waals surface area contributed by atoms with Gasteiger partial charge in [-0.05, 0) is 41.6 Å². The summed E-state index contributed by atoms with van der Waals surface area (Å²) >= 11 is 1.65. The van der Waals surface area contributed by atoms with Gasteiger partial charge in [0.05, 0.1) is 0 Å². The molecule has 0 amide bonds. The molecule has 4 heteroatoms. The number of carbonyl (C=O) groups is 1. The molecule has 0 aliphatic carbocycles. The molecule has 92 valence electrons. The van der Waals surface area contributed by atoms with Crippen LogP contribution in [-0.4, -0.2) is 22.4 Å². The molecule has 3 nitrogen and oxygen atoms in total. The lowest BCUT2D eigenvalue weighted by Crippen LogP contribution is -1.96. The Bertz CT molecular complexity index is 576. The largest absolute Gasteiger partial charge is 0.507 e. The van der Waals surface area contributed by atoms with E-state index in [1.54, 1.807) is 17.8 Å². The Morgan fingerprint density at radius 1 is 1.06 bits per heavy atom. The van der Waals surface area contributed by atoms with Crippen molar-refractivity contribution in [3.05, 3.63) is 48.0 Å². The third-order valence-corrected chi connectivity index (χ3v) is 3.39. The summed E-state index contributed by atoms with van der Waals surface area (Å²) < 4.78 is 0. The number of carboxylic acid groups (broad SMARTS) is 1. The van der Waals surface area contributed by atoms with Crippen LogP contribution in [0.2, 0.25) is 0 Å². The fraction of sp³-hybridized carbons (Fsp3) is 0.0714. The van der Waals surface area contributed by atoms with Crippen LogP contribution in [0.4, 0.5) is 0 Å². The second-order valence-corrected chi connectivity index (χ2v) is 4.65. The van der Waals surface area contributed by atoms with Crippen LogP contribution in [0.1, 0.15) is 10.4 Å². The van der Waals surface area contributed by atoms with E-state index in [-0.39, 0.29) is 11.3 Å². The van der Waals surface area contributed by atoms with Gasteiger partial charge in [-0.1, -0.05) is 18.2 Å². The first-order valence-corrected chi connectivity index (χ1v) is 6.55. The summed E-state index contributed by atoms with van der Waals surface area (Å²) in [6.07, 6.45) is 2.00. The number of aromatic carboxylic acids is 1. The second-order valence-electron chi connectivity index (χ2n) is 3.77. The number of phenols is 1. The maximum Gasteiger partial charge on any atom is 0.339 e. The predicted octanol–water partition coefficient (Wildman–Crippen LogP) is 3.48. The average molecular weight is 260 g/mol. The number of thioether (sulfide) groups is 1. The number of carboxylic acids is 1. The van der Waals surface area contributed by atoms with Crippen LogP contribution in [0.25, 0.3) is 11.1 Å². The van der Waals surface area contributed by atoms with Gasteiger partial charge >= 0.3 is 5.97 Å². The van der Waals surface area contributed by atoms with Crippen molar-refractivity contribution in [2.45, 2.75) is 4.90 Å². The average Bonchev–Trinajstić information content (AvgIpc) is 2.39. The molecule has 0 aliphatic rings. The Kier molecular flexibility index (Phi) is 3.58. The highest BCUT2D eigenvalue weighted by Crippen LogP contribution is 2.27. The maximum absolute atomic E-state index is 10.9. The van der Waals surface area contributed by atoms with Crippen molar-refractivity contribution in [1.82, 2.24) is 0 Å². The van der Waals surface area contributed by atoms with Crippen LogP contribution in [0.3, 0.4) is 0 Å². The molecule has 0 bridgehead atoms. The smallest absolute Gasteiger partial charge is 0.339 e. The molecule has 0 atom stereocenters. The number of benzene rings is 2. The van der Waals surface area contributed by atoms with Gasteiger partial charge in [-0.3, -0.25) is 0 Å². The molecule has 2 aromatic rings. The van der Waals surface area contributed by atoms with Crippen molar-refractivity contribution in [3.8, 4) is 16.9 Å². The highest BCUT2D eigenvalue weighted by atomic mass is 32.2. The summed E-state index contributed by atoms with van der Waals surface area (Å²) in [4.78, 5) is 12.1. The Balaban J connectivity index is 2.44. The van der Waals surface area contributed by atoms with E-state index in [2.05, 4.69) is 0 Å². The summed E-state index contributed by atoms with van der Waals surface area (Å²) in [6, 6.07) is 12.4. The molecule has 2 aromatic carbocycles. The molecule has 0 fully saturated rings. The SMILES string of the molecule is CSc1ccc(-c2ccc(O)c(C(=O)O)c2)cc1. The van der Waals surface area contributed by atoms with E-state index in [4.69, 9.17) is 5.11 Å². The normalized spacial score (nSPS) is 10.3. The van der Waals surface area contributed by atoms with Gasteiger partial charge in [-0.15, -0.1) is 11.8 Å². The molecule has 18 heavy (non-hydrogen) atoms. The molecule has 0 aliphatic heterocycles. The van der Waals surface area contributed by atoms with Crippen LogP contribution in [-0.2, 0) is 0 Å². The van der Waals surface area contributed by atoms with Gasteiger partial charge in [0, 0.05) is 4.90 Å². The van der Waals surface area contributed by atoms with E-state index < -0.39 is 5.97 Å². The minimum absolute atomic E-state index is 0.0820. The third-order valence-electron chi connectivity index (χ3n) is 2.65. The zero-order chi connectivity index (χ0) is 13.1. The van der Waals surface area contributed by atoms with Gasteiger partial charge in [0.15, 0.2) is 0 Å². The zero-order valence-corrected chi connectivity index (χ0v) is 10.6. The quantitative estimate of drug-likeness (QED) is 0.829. The van der Waals surface area contributed by atoms with Gasteiger partial charge in [-0.2, -0.15) is 0 Å². The monoisotopic (exact) mass is 260 g/mol. The van der Waals surface area contributed by atoms with Crippen molar-refractivity contribution in [2.75, 3.05) is 6.26 Å². The molecular weight excluding hydrogens is 248 g/mol. The molecule has 0 unspecified atom stereocenters. The van der Waals surface area contributed by atoms with E-state index >= 15 is 0 Å². The molecule has 0 aromatic heterocycles. The first-order valence-electron chi connectivity index (χ1n) is 5.32. The third kappa shape index (κ3) is 2.49. The van der Waals surface area contributed by atoms with Crippen LogP contribution in [0, 0.1) is 0 Å². The van der Waals surface area contributed by atoms with Crippen molar-refractivity contribution >= 4 is 17.7 Å².